The lowest BCUT2D eigenvalue weighted by Crippen LogP contribution is -2.34. The number of esters is 1. The fraction of sp³-hybridized carbons (Fsp3) is 0.176. The number of amides is 2. The van der Waals surface area contributed by atoms with Crippen molar-refractivity contribution in [3.63, 3.8) is 0 Å². The molecule has 0 aliphatic heterocycles. The molecule has 0 spiro atoms. The van der Waals surface area contributed by atoms with Crippen LogP contribution in [0.25, 0.3) is 0 Å². The number of benzene rings is 2. The van der Waals surface area contributed by atoms with E-state index < -0.39 is 18.0 Å². The highest BCUT2D eigenvalue weighted by Crippen LogP contribution is 2.20. The Morgan fingerprint density at radius 2 is 1.54 bits per heavy atom. The lowest BCUT2D eigenvalue weighted by Gasteiger charge is -2.17. The predicted octanol–water partition coefficient (Wildman–Crippen LogP) is 3.84. The van der Waals surface area contributed by atoms with Crippen LogP contribution in [-0.4, -0.2) is 12.0 Å². The van der Waals surface area contributed by atoms with Gasteiger partial charge in [-0.15, -0.1) is 0 Å². The van der Waals surface area contributed by atoms with Crippen molar-refractivity contribution in [2.45, 2.75) is 19.1 Å². The molecule has 5 nitrogen and oxygen atoms in total. The van der Waals surface area contributed by atoms with Crippen molar-refractivity contribution in [1.82, 2.24) is 5.32 Å². The lowest BCUT2D eigenvalue weighted by molar-refractivity contribution is -0.145. The van der Waals surface area contributed by atoms with Gasteiger partial charge < -0.3 is 15.8 Å². The number of carbonyl (C=O) groups is 2. The Balaban J connectivity index is 1.97. The summed E-state index contributed by atoms with van der Waals surface area (Å²) >= 11 is 11.6. The van der Waals surface area contributed by atoms with Gasteiger partial charge in [-0.3, -0.25) is 4.79 Å². The third kappa shape index (κ3) is 5.76. The number of primary amides is 1. The minimum Gasteiger partial charge on any atom is -0.461 e. The molecule has 2 amide bonds. The Morgan fingerprint density at radius 1 is 1.00 bits per heavy atom. The monoisotopic (exact) mass is 366 g/mol. The summed E-state index contributed by atoms with van der Waals surface area (Å²) in [6.45, 7) is 0.125. The zero-order valence-electron chi connectivity index (χ0n) is 12.7. The van der Waals surface area contributed by atoms with Gasteiger partial charge in [-0.2, -0.15) is 0 Å². The van der Waals surface area contributed by atoms with Crippen LogP contribution < -0.4 is 11.1 Å². The maximum absolute atomic E-state index is 12.0. The van der Waals surface area contributed by atoms with E-state index in [0.29, 0.717) is 15.6 Å². The molecule has 0 unspecified atom stereocenters. The summed E-state index contributed by atoms with van der Waals surface area (Å²) in [5.74, 6) is -0.460. The standard InChI is InChI=1S/C17H16Cl2N2O3/c18-13-5-1-11(2-6-13)10-24-16(22)9-15(21-17(20)23)12-3-7-14(19)8-4-12/h1-8,15H,9-10H2,(H3,20,21,23)/t15-/m0/s1. The number of hydrogen-bond acceptors (Lipinski definition) is 3. The molecule has 1 atom stereocenters. The molecule has 0 radical (unpaired) electrons. The molecule has 3 N–H and O–H groups in total. The maximum Gasteiger partial charge on any atom is 0.312 e. The Kier molecular flexibility index (Phi) is 6.46. The van der Waals surface area contributed by atoms with Gasteiger partial charge in [0.2, 0.25) is 0 Å². The predicted molar refractivity (Wildman–Crippen MR) is 92.8 cm³/mol. The Morgan fingerprint density at radius 3 is 2.08 bits per heavy atom. The molecule has 2 aromatic rings. The summed E-state index contributed by atoms with van der Waals surface area (Å²) in [6.07, 6.45) is -0.0435. The van der Waals surface area contributed by atoms with Gasteiger partial charge in [-0.05, 0) is 35.4 Å². The first-order chi connectivity index (χ1) is 11.4. The van der Waals surface area contributed by atoms with E-state index in [1.807, 2.05) is 0 Å². The number of rotatable bonds is 6. The minimum absolute atomic E-state index is 0.0435. The topological polar surface area (TPSA) is 81.4 Å². The molecule has 0 fully saturated rings. The fourth-order valence-electron chi connectivity index (χ4n) is 2.09. The average molecular weight is 367 g/mol. The van der Waals surface area contributed by atoms with Crippen molar-refractivity contribution in [3.8, 4) is 0 Å². The average Bonchev–Trinajstić information content (AvgIpc) is 2.54. The molecule has 0 heterocycles. The number of carbonyl (C=O) groups excluding carboxylic acids is 2. The highest BCUT2D eigenvalue weighted by molar-refractivity contribution is 6.30. The van der Waals surface area contributed by atoms with Crippen LogP contribution >= 0.6 is 23.2 Å². The molecule has 7 heteroatoms. The van der Waals surface area contributed by atoms with Crippen LogP contribution in [-0.2, 0) is 16.1 Å². The first-order valence-electron chi connectivity index (χ1n) is 7.15. The van der Waals surface area contributed by atoms with Gasteiger partial charge in [-0.1, -0.05) is 47.5 Å². The summed E-state index contributed by atoms with van der Waals surface area (Å²) in [5, 5.41) is 3.70. The van der Waals surface area contributed by atoms with E-state index in [-0.39, 0.29) is 13.0 Å². The Hall–Kier alpha value is -2.24. The molecule has 2 rings (SSSR count). The molecule has 24 heavy (non-hydrogen) atoms. The number of urea groups is 1. The van der Waals surface area contributed by atoms with Gasteiger partial charge in [0.25, 0.3) is 0 Å². The normalized spacial score (nSPS) is 11.6. The molecule has 0 saturated heterocycles. The highest BCUT2D eigenvalue weighted by Gasteiger charge is 2.18. The largest absolute Gasteiger partial charge is 0.461 e. The van der Waals surface area contributed by atoms with E-state index in [1.54, 1.807) is 48.5 Å². The molecule has 0 aliphatic rings. The number of hydrogen-bond donors (Lipinski definition) is 2. The molecule has 2 aromatic carbocycles. The summed E-state index contributed by atoms with van der Waals surface area (Å²) in [5.41, 5.74) is 6.70. The molecule has 0 bridgehead atoms. The summed E-state index contributed by atoms with van der Waals surface area (Å²) in [7, 11) is 0. The molecule has 0 aliphatic carbocycles. The van der Waals surface area contributed by atoms with E-state index in [9.17, 15) is 9.59 Å². The Labute approximate surface area is 149 Å². The van der Waals surface area contributed by atoms with E-state index in [4.69, 9.17) is 33.7 Å². The van der Waals surface area contributed by atoms with Gasteiger partial charge in [0, 0.05) is 10.0 Å². The van der Waals surface area contributed by atoms with Crippen LogP contribution in [0.15, 0.2) is 48.5 Å². The fourth-order valence-corrected chi connectivity index (χ4v) is 2.34. The van der Waals surface area contributed by atoms with Crippen LogP contribution in [0.3, 0.4) is 0 Å². The minimum atomic E-state index is -0.722. The molecular weight excluding hydrogens is 351 g/mol. The number of ether oxygens (including phenoxy) is 1. The second-order valence-corrected chi connectivity index (χ2v) is 5.98. The van der Waals surface area contributed by atoms with Crippen molar-refractivity contribution < 1.29 is 14.3 Å². The van der Waals surface area contributed by atoms with E-state index in [0.717, 1.165) is 5.56 Å². The van der Waals surface area contributed by atoms with Crippen LogP contribution in [0, 0.1) is 0 Å². The SMILES string of the molecule is NC(=O)N[C@@H](CC(=O)OCc1ccc(Cl)cc1)c1ccc(Cl)cc1. The first-order valence-corrected chi connectivity index (χ1v) is 7.91. The molecule has 0 saturated carbocycles. The van der Waals surface area contributed by atoms with Crippen molar-refractivity contribution in [2.24, 2.45) is 5.73 Å². The summed E-state index contributed by atoms with van der Waals surface area (Å²) < 4.78 is 5.23. The van der Waals surface area contributed by atoms with Gasteiger partial charge >= 0.3 is 12.0 Å². The number of nitrogens with one attached hydrogen (secondary N) is 1. The van der Waals surface area contributed by atoms with Crippen LogP contribution in [0.5, 0.6) is 0 Å². The lowest BCUT2D eigenvalue weighted by atomic mass is 10.0. The van der Waals surface area contributed by atoms with Crippen molar-refractivity contribution in [1.29, 1.82) is 0 Å². The Bertz CT molecular complexity index is 703. The van der Waals surface area contributed by atoms with Crippen LogP contribution in [0.4, 0.5) is 4.79 Å². The zero-order chi connectivity index (χ0) is 17.5. The summed E-state index contributed by atoms with van der Waals surface area (Å²) in [4.78, 5) is 23.2. The quantitative estimate of drug-likeness (QED) is 0.762. The van der Waals surface area contributed by atoms with E-state index in [1.165, 1.54) is 0 Å². The number of nitrogens with two attached hydrogens (primary N) is 1. The van der Waals surface area contributed by atoms with Gasteiger partial charge in [0.05, 0.1) is 12.5 Å². The third-order valence-electron chi connectivity index (χ3n) is 3.27. The van der Waals surface area contributed by atoms with Gasteiger partial charge in [0.15, 0.2) is 0 Å². The highest BCUT2D eigenvalue weighted by atomic mass is 35.5. The van der Waals surface area contributed by atoms with Crippen molar-refractivity contribution >= 4 is 35.2 Å². The van der Waals surface area contributed by atoms with Gasteiger partial charge in [0.1, 0.15) is 6.61 Å². The second kappa shape index (κ2) is 8.57. The van der Waals surface area contributed by atoms with Crippen LogP contribution in [0.1, 0.15) is 23.6 Å². The third-order valence-corrected chi connectivity index (χ3v) is 3.78. The molecule has 0 aromatic heterocycles. The smallest absolute Gasteiger partial charge is 0.312 e. The van der Waals surface area contributed by atoms with E-state index in [2.05, 4.69) is 5.32 Å². The first kappa shape index (κ1) is 18.1. The van der Waals surface area contributed by atoms with Crippen molar-refractivity contribution in [3.05, 3.63) is 69.7 Å². The van der Waals surface area contributed by atoms with Crippen molar-refractivity contribution in [2.75, 3.05) is 0 Å². The second-order valence-electron chi connectivity index (χ2n) is 5.10. The van der Waals surface area contributed by atoms with Gasteiger partial charge in [-0.25, -0.2) is 4.79 Å². The van der Waals surface area contributed by atoms with Crippen LogP contribution in [0.2, 0.25) is 10.0 Å². The molecule has 126 valence electrons. The summed E-state index contributed by atoms with van der Waals surface area (Å²) in [6, 6.07) is 12.5. The zero-order valence-corrected chi connectivity index (χ0v) is 14.2. The molecular formula is C17H16Cl2N2O3. The number of halogens is 2. The van der Waals surface area contributed by atoms with E-state index >= 15 is 0 Å². The maximum atomic E-state index is 12.0.